The summed E-state index contributed by atoms with van der Waals surface area (Å²) in [5.74, 6) is 0.433. The van der Waals surface area contributed by atoms with Crippen LogP contribution in [0.15, 0.2) is 57.8 Å². The van der Waals surface area contributed by atoms with Crippen molar-refractivity contribution >= 4 is 21.8 Å². The molecule has 158 valence electrons. The average Bonchev–Trinajstić information content (AvgIpc) is 2.76. The lowest BCUT2D eigenvalue weighted by Gasteiger charge is -2.15. The molecule has 0 saturated heterocycles. The van der Waals surface area contributed by atoms with Gasteiger partial charge in [-0.3, -0.25) is 9.59 Å². The summed E-state index contributed by atoms with van der Waals surface area (Å²) >= 11 is 3.44. The zero-order chi connectivity index (χ0) is 22.4. The highest BCUT2D eigenvalue weighted by molar-refractivity contribution is 9.10. The maximum atomic E-state index is 12.2. The minimum absolute atomic E-state index is 0.00788. The predicted molar refractivity (Wildman–Crippen MR) is 120 cm³/mol. The molecule has 0 saturated carbocycles. The first kappa shape index (κ1) is 22.1. The van der Waals surface area contributed by atoms with Crippen molar-refractivity contribution in [2.75, 3.05) is 13.7 Å². The van der Waals surface area contributed by atoms with Gasteiger partial charge in [0.15, 0.2) is 18.1 Å². The Morgan fingerprint density at radius 2 is 1.97 bits per heavy atom. The quantitative estimate of drug-likeness (QED) is 0.535. The third-order valence-corrected chi connectivity index (χ3v) is 5.09. The molecule has 0 aliphatic heterocycles. The summed E-state index contributed by atoms with van der Waals surface area (Å²) in [6, 6.07) is 16.6. The lowest BCUT2D eigenvalue weighted by Crippen LogP contribution is -2.28. The van der Waals surface area contributed by atoms with Gasteiger partial charge in [0.1, 0.15) is 11.6 Å². The third kappa shape index (κ3) is 5.32. The van der Waals surface area contributed by atoms with E-state index in [1.807, 2.05) is 36.4 Å². The van der Waals surface area contributed by atoms with Crippen LogP contribution in [0.1, 0.15) is 16.8 Å². The number of pyridine rings is 1. The first-order chi connectivity index (χ1) is 14.9. The molecule has 1 amide bonds. The molecule has 1 heterocycles. The van der Waals surface area contributed by atoms with Crippen molar-refractivity contribution in [1.29, 1.82) is 5.26 Å². The van der Waals surface area contributed by atoms with Crippen LogP contribution in [0.4, 0.5) is 0 Å². The summed E-state index contributed by atoms with van der Waals surface area (Å²) < 4.78 is 11.6. The van der Waals surface area contributed by atoms with Crippen LogP contribution in [-0.2, 0) is 11.3 Å². The number of rotatable bonds is 7. The van der Waals surface area contributed by atoms with Crippen LogP contribution in [0, 0.1) is 18.3 Å². The summed E-state index contributed by atoms with van der Waals surface area (Å²) in [4.78, 5) is 26.9. The maximum absolute atomic E-state index is 12.2. The number of carbonyl (C=O) groups excluding carboxylic acids is 1. The van der Waals surface area contributed by atoms with Crippen molar-refractivity contribution in [3.8, 4) is 28.7 Å². The highest BCUT2D eigenvalue weighted by Crippen LogP contribution is 2.40. The molecule has 3 aromatic rings. The fraction of sp³-hybridized carbons (Fsp3) is 0.174. The minimum atomic E-state index is -0.456. The van der Waals surface area contributed by atoms with Crippen LogP contribution in [0.2, 0.25) is 0 Å². The fourth-order valence-corrected chi connectivity index (χ4v) is 3.58. The number of aromatic amines is 1. The van der Waals surface area contributed by atoms with Gasteiger partial charge in [-0.1, -0.05) is 30.3 Å². The normalized spacial score (nSPS) is 10.3. The standard InChI is InChI=1S/C23H20BrN3O4/c1-14-8-17(18(11-25)23(29)27-14)16-9-19(24)22(20(10-16)30-2)31-13-21(28)26-12-15-6-4-3-5-7-15/h3-10H,12-13H2,1-2H3,(H,26,28)(H,27,29). The molecule has 0 radical (unpaired) electrons. The molecule has 31 heavy (non-hydrogen) atoms. The Kier molecular flexibility index (Phi) is 7.11. The van der Waals surface area contributed by atoms with Gasteiger partial charge in [0.25, 0.3) is 11.5 Å². The highest BCUT2D eigenvalue weighted by Gasteiger charge is 2.17. The molecule has 7 nitrogen and oxygen atoms in total. The van der Waals surface area contributed by atoms with Gasteiger partial charge >= 0.3 is 0 Å². The van der Waals surface area contributed by atoms with E-state index < -0.39 is 5.56 Å². The molecule has 0 aliphatic rings. The Labute approximate surface area is 187 Å². The molecular formula is C23H20BrN3O4. The summed E-state index contributed by atoms with van der Waals surface area (Å²) in [6.07, 6.45) is 0. The van der Waals surface area contributed by atoms with Crippen LogP contribution >= 0.6 is 15.9 Å². The zero-order valence-electron chi connectivity index (χ0n) is 17.0. The largest absolute Gasteiger partial charge is 0.493 e. The van der Waals surface area contributed by atoms with E-state index in [0.717, 1.165) is 5.56 Å². The number of benzene rings is 2. The summed E-state index contributed by atoms with van der Waals surface area (Å²) in [5, 5.41) is 12.2. The predicted octanol–water partition coefficient (Wildman–Crippen LogP) is 3.69. The molecule has 2 aromatic carbocycles. The van der Waals surface area contributed by atoms with Gasteiger partial charge in [0.05, 0.1) is 11.6 Å². The van der Waals surface area contributed by atoms with Gasteiger partial charge in [-0.2, -0.15) is 5.26 Å². The SMILES string of the molecule is COc1cc(-c2cc(C)[nH]c(=O)c2C#N)cc(Br)c1OCC(=O)NCc1ccccc1. The number of methoxy groups -OCH3 is 1. The van der Waals surface area contributed by atoms with Gasteiger partial charge in [-0.15, -0.1) is 0 Å². The number of amides is 1. The van der Waals surface area contributed by atoms with E-state index in [1.165, 1.54) is 7.11 Å². The molecule has 0 aliphatic carbocycles. The first-order valence-corrected chi connectivity index (χ1v) is 10.2. The number of carbonyl (C=O) groups is 1. The Balaban J connectivity index is 1.80. The maximum Gasteiger partial charge on any atom is 0.266 e. The Hall–Kier alpha value is -3.57. The number of H-pyrrole nitrogens is 1. The molecule has 0 bridgehead atoms. The van der Waals surface area contributed by atoms with Crippen LogP contribution in [0.25, 0.3) is 11.1 Å². The first-order valence-electron chi connectivity index (χ1n) is 9.38. The number of hydrogen-bond donors (Lipinski definition) is 2. The number of aromatic nitrogens is 1. The molecular weight excluding hydrogens is 462 g/mol. The lowest BCUT2D eigenvalue weighted by molar-refractivity contribution is -0.123. The molecule has 8 heteroatoms. The highest BCUT2D eigenvalue weighted by atomic mass is 79.9. The number of nitrogens with one attached hydrogen (secondary N) is 2. The topological polar surface area (TPSA) is 104 Å². The van der Waals surface area contributed by atoms with Crippen molar-refractivity contribution in [3.05, 3.63) is 80.2 Å². The number of halogens is 1. The monoisotopic (exact) mass is 481 g/mol. The van der Waals surface area contributed by atoms with E-state index in [0.29, 0.717) is 39.3 Å². The van der Waals surface area contributed by atoms with Crippen molar-refractivity contribution in [1.82, 2.24) is 10.3 Å². The average molecular weight is 482 g/mol. The van der Waals surface area contributed by atoms with E-state index in [1.54, 1.807) is 25.1 Å². The van der Waals surface area contributed by atoms with Crippen molar-refractivity contribution < 1.29 is 14.3 Å². The summed E-state index contributed by atoms with van der Waals surface area (Å²) in [5.41, 5.74) is 2.26. The van der Waals surface area contributed by atoms with Gasteiger partial charge in [-0.25, -0.2) is 0 Å². The second-order valence-corrected chi connectivity index (χ2v) is 7.58. The molecule has 0 fully saturated rings. The zero-order valence-corrected chi connectivity index (χ0v) is 18.6. The molecule has 0 spiro atoms. The third-order valence-electron chi connectivity index (χ3n) is 4.50. The number of aryl methyl sites for hydroxylation is 1. The molecule has 3 rings (SSSR count). The second kappa shape index (κ2) is 9.96. The Morgan fingerprint density at radius 1 is 1.23 bits per heavy atom. The van der Waals surface area contributed by atoms with E-state index in [2.05, 4.69) is 26.2 Å². The fourth-order valence-electron chi connectivity index (χ4n) is 3.03. The van der Waals surface area contributed by atoms with Crippen LogP contribution in [0.5, 0.6) is 11.5 Å². The number of hydrogen-bond acceptors (Lipinski definition) is 5. The molecule has 2 N–H and O–H groups in total. The summed E-state index contributed by atoms with van der Waals surface area (Å²) in [6.45, 7) is 1.94. The summed E-state index contributed by atoms with van der Waals surface area (Å²) in [7, 11) is 1.47. The number of ether oxygens (including phenoxy) is 2. The molecule has 1 aromatic heterocycles. The van der Waals surface area contributed by atoms with Crippen LogP contribution in [-0.4, -0.2) is 24.6 Å². The minimum Gasteiger partial charge on any atom is -0.493 e. The number of nitriles is 1. The molecule has 0 unspecified atom stereocenters. The van der Waals surface area contributed by atoms with E-state index in [9.17, 15) is 14.9 Å². The van der Waals surface area contributed by atoms with E-state index >= 15 is 0 Å². The van der Waals surface area contributed by atoms with Gasteiger partial charge in [0.2, 0.25) is 0 Å². The van der Waals surface area contributed by atoms with Crippen molar-refractivity contribution in [2.24, 2.45) is 0 Å². The van der Waals surface area contributed by atoms with Gasteiger partial charge in [-0.05, 0) is 52.2 Å². The van der Waals surface area contributed by atoms with Crippen molar-refractivity contribution in [2.45, 2.75) is 13.5 Å². The number of nitrogens with zero attached hydrogens (tertiary/aromatic N) is 1. The lowest BCUT2D eigenvalue weighted by atomic mass is 10.0. The van der Waals surface area contributed by atoms with Crippen LogP contribution in [0.3, 0.4) is 0 Å². The second-order valence-electron chi connectivity index (χ2n) is 6.72. The van der Waals surface area contributed by atoms with Gasteiger partial charge < -0.3 is 19.8 Å². The Morgan fingerprint density at radius 3 is 2.65 bits per heavy atom. The van der Waals surface area contributed by atoms with Crippen LogP contribution < -0.4 is 20.3 Å². The van der Waals surface area contributed by atoms with E-state index in [-0.39, 0.29) is 18.1 Å². The van der Waals surface area contributed by atoms with E-state index in [4.69, 9.17) is 9.47 Å². The Bertz CT molecular complexity index is 1200. The van der Waals surface area contributed by atoms with Gasteiger partial charge in [0, 0.05) is 17.8 Å². The van der Waals surface area contributed by atoms with Crippen molar-refractivity contribution in [3.63, 3.8) is 0 Å². The molecule has 0 atom stereocenters. The smallest absolute Gasteiger partial charge is 0.266 e.